The van der Waals surface area contributed by atoms with Crippen LogP contribution in [0.15, 0.2) is 72.8 Å². The van der Waals surface area contributed by atoms with Crippen LogP contribution in [-0.2, 0) is 13.0 Å². The first-order valence-electron chi connectivity index (χ1n) is 9.53. The summed E-state index contributed by atoms with van der Waals surface area (Å²) in [6.45, 7) is 0.950. The van der Waals surface area contributed by atoms with Gasteiger partial charge in [-0.15, -0.1) is 0 Å². The molecule has 3 aromatic carbocycles. The summed E-state index contributed by atoms with van der Waals surface area (Å²) in [4.78, 5) is 12.4. The molecular formula is C24H24ClNO3. The van der Waals surface area contributed by atoms with Crippen molar-refractivity contribution in [1.29, 1.82) is 0 Å². The first kappa shape index (κ1) is 20.7. The number of aryl methyl sites for hydroxylation is 1. The number of nitrogens with one attached hydrogen (secondary N) is 1. The second-order valence-corrected chi connectivity index (χ2v) is 7.03. The van der Waals surface area contributed by atoms with E-state index < -0.39 is 0 Å². The number of ether oxygens (including phenoxy) is 2. The number of carbonyl (C=O) groups is 1. The Morgan fingerprint density at radius 1 is 0.966 bits per heavy atom. The van der Waals surface area contributed by atoms with Crippen molar-refractivity contribution in [3.05, 3.63) is 94.5 Å². The second-order valence-electron chi connectivity index (χ2n) is 6.62. The standard InChI is InChI=1S/C24H24ClNO3/c1-28-21-11-4-7-18(15-21)8-6-14-26-24(27)19-10-5-12-22(16-19)29-17-20-9-2-3-13-23(20)25/h2-5,7,9-13,15-16H,6,8,14,17H2,1H3,(H,26,27). The average Bonchev–Trinajstić information content (AvgIpc) is 2.76. The van der Waals surface area contributed by atoms with Crippen LogP contribution in [0.1, 0.15) is 27.9 Å². The lowest BCUT2D eigenvalue weighted by molar-refractivity contribution is 0.0952. The van der Waals surface area contributed by atoms with Gasteiger partial charge in [-0.2, -0.15) is 0 Å². The van der Waals surface area contributed by atoms with Crippen molar-refractivity contribution in [2.24, 2.45) is 0 Å². The zero-order valence-electron chi connectivity index (χ0n) is 16.4. The maximum atomic E-state index is 12.4. The van der Waals surface area contributed by atoms with Gasteiger partial charge in [-0.1, -0.05) is 48.0 Å². The highest BCUT2D eigenvalue weighted by atomic mass is 35.5. The maximum absolute atomic E-state index is 12.4. The Kier molecular flexibility index (Phi) is 7.54. The third-order valence-corrected chi connectivity index (χ3v) is 4.88. The molecule has 5 heteroatoms. The molecule has 0 aliphatic rings. The van der Waals surface area contributed by atoms with E-state index in [1.807, 2.05) is 54.6 Å². The van der Waals surface area contributed by atoms with Crippen molar-refractivity contribution in [1.82, 2.24) is 5.32 Å². The molecule has 0 unspecified atom stereocenters. The summed E-state index contributed by atoms with van der Waals surface area (Å²) in [6, 6.07) is 22.7. The molecule has 0 saturated carbocycles. The van der Waals surface area contributed by atoms with Gasteiger partial charge in [-0.3, -0.25) is 4.79 Å². The largest absolute Gasteiger partial charge is 0.497 e. The minimum Gasteiger partial charge on any atom is -0.497 e. The van der Waals surface area contributed by atoms with Crippen molar-refractivity contribution in [3.63, 3.8) is 0 Å². The van der Waals surface area contributed by atoms with Crippen LogP contribution in [0.3, 0.4) is 0 Å². The molecule has 0 atom stereocenters. The molecule has 29 heavy (non-hydrogen) atoms. The van der Waals surface area contributed by atoms with E-state index in [2.05, 4.69) is 11.4 Å². The summed E-state index contributed by atoms with van der Waals surface area (Å²) in [5, 5.41) is 3.63. The second kappa shape index (κ2) is 10.5. The lowest BCUT2D eigenvalue weighted by Gasteiger charge is -2.10. The Hall–Kier alpha value is -2.98. The van der Waals surface area contributed by atoms with Crippen molar-refractivity contribution < 1.29 is 14.3 Å². The van der Waals surface area contributed by atoms with Gasteiger partial charge in [0.15, 0.2) is 0 Å². The van der Waals surface area contributed by atoms with E-state index in [4.69, 9.17) is 21.1 Å². The molecule has 0 radical (unpaired) electrons. The molecule has 3 aromatic rings. The number of halogens is 1. The summed E-state index contributed by atoms with van der Waals surface area (Å²) in [5.74, 6) is 1.37. The SMILES string of the molecule is COc1cccc(CCCNC(=O)c2cccc(OCc3ccccc3Cl)c2)c1. The molecule has 150 valence electrons. The minimum absolute atomic E-state index is 0.112. The van der Waals surface area contributed by atoms with E-state index in [0.29, 0.717) is 29.5 Å². The number of hydrogen-bond acceptors (Lipinski definition) is 3. The van der Waals surface area contributed by atoms with E-state index >= 15 is 0 Å². The topological polar surface area (TPSA) is 47.6 Å². The van der Waals surface area contributed by atoms with Gasteiger partial charge < -0.3 is 14.8 Å². The molecule has 0 fully saturated rings. The van der Waals surface area contributed by atoms with Crippen LogP contribution in [0.2, 0.25) is 5.02 Å². The van der Waals surface area contributed by atoms with Crippen molar-refractivity contribution in [3.8, 4) is 11.5 Å². The quantitative estimate of drug-likeness (QED) is 0.488. The molecule has 0 aliphatic carbocycles. The monoisotopic (exact) mass is 409 g/mol. The van der Waals surface area contributed by atoms with Crippen LogP contribution < -0.4 is 14.8 Å². The van der Waals surface area contributed by atoms with Crippen LogP contribution in [-0.4, -0.2) is 19.6 Å². The Balaban J connectivity index is 1.48. The molecule has 4 nitrogen and oxygen atoms in total. The Labute approximate surface area is 176 Å². The van der Waals surface area contributed by atoms with Gasteiger partial charge in [-0.05, 0) is 54.8 Å². The fraction of sp³-hybridized carbons (Fsp3) is 0.208. The highest BCUT2D eigenvalue weighted by Gasteiger charge is 2.07. The average molecular weight is 410 g/mol. The van der Waals surface area contributed by atoms with Gasteiger partial charge in [0.2, 0.25) is 0 Å². The van der Waals surface area contributed by atoms with Crippen LogP contribution in [0.25, 0.3) is 0 Å². The summed E-state index contributed by atoms with van der Waals surface area (Å²) >= 11 is 6.15. The lowest BCUT2D eigenvalue weighted by Crippen LogP contribution is -2.24. The third kappa shape index (κ3) is 6.26. The first-order chi connectivity index (χ1) is 14.2. The fourth-order valence-corrected chi connectivity index (χ4v) is 3.12. The summed E-state index contributed by atoms with van der Waals surface area (Å²) in [6.07, 6.45) is 1.72. The molecule has 0 spiro atoms. The number of hydrogen-bond donors (Lipinski definition) is 1. The van der Waals surface area contributed by atoms with Gasteiger partial charge in [0.05, 0.1) is 7.11 Å². The maximum Gasteiger partial charge on any atom is 0.251 e. The zero-order chi connectivity index (χ0) is 20.5. The highest BCUT2D eigenvalue weighted by Crippen LogP contribution is 2.19. The van der Waals surface area contributed by atoms with Crippen molar-refractivity contribution in [2.75, 3.05) is 13.7 Å². The number of methoxy groups -OCH3 is 1. The molecule has 1 N–H and O–H groups in total. The van der Waals surface area contributed by atoms with Gasteiger partial charge in [0.25, 0.3) is 5.91 Å². The highest BCUT2D eigenvalue weighted by molar-refractivity contribution is 6.31. The van der Waals surface area contributed by atoms with Crippen LogP contribution in [0.5, 0.6) is 11.5 Å². The fourth-order valence-electron chi connectivity index (χ4n) is 2.93. The molecule has 0 bridgehead atoms. The summed E-state index contributed by atoms with van der Waals surface area (Å²) < 4.78 is 11.0. The van der Waals surface area contributed by atoms with Crippen LogP contribution in [0, 0.1) is 0 Å². The van der Waals surface area contributed by atoms with Crippen molar-refractivity contribution >= 4 is 17.5 Å². The number of rotatable bonds is 9. The molecule has 0 aromatic heterocycles. The van der Waals surface area contributed by atoms with Crippen LogP contribution >= 0.6 is 11.6 Å². The number of carbonyl (C=O) groups excluding carboxylic acids is 1. The van der Waals surface area contributed by atoms with E-state index in [1.165, 1.54) is 5.56 Å². The van der Waals surface area contributed by atoms with E-state index in [-0.39, 0.29) is 5.91 Å². The molecule has 3 rings (SSSR count). The number of amides is 1. The summed E-state index contributed by atoms with van der Waals surface area (Å²) in [7, 11) is 1.66. The molecule has 0 aliphatic heterocycles. The Morgan fingerprint density at radius 2 is 1.76 bits per heavy atom. The van der Waals surface area contributed by atoms with E-state index in [1.54, 1.807) is 19.2 Å². The first-order valence-corrected chi connectivity index (χ1v) is 9.91. The molecule has 0 saturated heterocycles. The van der Waals surface area contributed by atoms with Gasteiger partial charge >= 0.3 is 0 Å². The Bertz CT molecular complexity index is 958. The smallest absolute Gasteiger partial charge is 0.251 e. The van der Waals surface area contributed by atoms with E-state index in [0.717, 1.165) is 24.2 Å². The third-order valence-electron chi connectivity index (χ3n) is 4.51. The van der Waals surface area contributed by atoms with Gasteiger partial charge in [0, 0.05) is 22.7 Å². The zero-order valence-corrected chi connectivity index (χ0v) is 17.1. The molecule has 1 amide bonds. The number of benzene rings is 3. The van der Waals surface area contributed by atoms with Gasteiger partial charge in [0.1, 0.15) is 18.1 Å². The predicted molar refractivity (Wildman–Crippen MR) is 116 cm³/mol. The lowest BCUT2D eigenvalue weighted by atomic mass is 10.1. The molecule has 0 heterocycles. The normalized spacial score (nSPS) is 10.4. The minimum atomic E-state index is -0.112. The van der Waals surface area contributed by atoms with Crippen LogP contribution in [0.4, 0.5) is 0 Å². The summed E-state index contributed by atoms with van der Waals surface area (Å²) in [5.41, 5.74) is 2.66. The van der Waals surface area contributed by atoms with E-state index in [9.17, 15) is 4.79 Å². The van der Waals surface area contributed by atoms with Crippen molar-refractivity contribution in [2.45, 2.75) is 19.4 Å². The molecular weight excluding hydrogens is 386 g/mol. The van der Waals surface area contributed by atoms with Gasteiger partial charge in [-0.25, -0.2) is 0 Å². The predicted octanol–water partition coefficient (Wildman–Crippen LogP) is 5.29. The Morgan fingerprint density at radius 3 is 2.59 bits per heavy atom.